The first-order chi connectivity index (χ1) is 11.7. The Balaban J connectivity index is 1.83. The third-order valence-electron chi connectivity index (χ3n) is 3.87. The summed E-state index contributed by atoms with van der Waals surface area (Å²) in [6.45, 7) is 0.810. The van der Waals surface area contributed by atoms with Gasteiger partial charge >= 0.3 is 0 Å². The van der Waals surface area contributed by atoms with Gasteiger partial charge in [-0.1, -0.05) is 30.3 Å². The van der Waals surface area contributed by atoms with Crippen LogP contribution in [-0.4, -0.2) is 44.6 Å². The van der Waals surface area contributed by atoms with Gasteiger partial charge < -0.3 is 10.2 Å². The molecule has 8 heteroatoms. The zero-order chi connectivity index (χ0) is 16.9. The second kappa shape index (κ2) is 6.91. The number of carbonyl (C=O) groups is 2. The fourth-order valence-corrected chi connectivity index (χ4v) is 2.75. The van der Waals surface area contributed by atoms with E-state index in [1.165, 1.54) is 11.0 Å². The molecule has 1 aliphatic rings. The Kier molecular flexibility index (Phi) is 4.52. The van der Waals surface area contributed by atoms with E-state index in [4.69, 9.17) is 5.26 Å². The van der Waals surface area contributed by atoms with Crippen molar-refractivity contribution in [3.05, 3.63) is 48.0 Å². The Morgan fingerprint density at radius 3 is 2.88 bits per heavy atom. The van der Waals surface area contributed by atoms with Gasteiger partial charge in [-0.05, 0) is 5.56 Å². The Bertz CT molecular complexity index is 779. The molecule has 0 spiro atoms. The molecule has 2 heterocycles. The summed E-state index contributed by atoms with van der Waals surface area (Å²) >= 11 is 0. The van der Waals surface area contributed by atoms with Crippen molar-refractivity contribution in [3.8, 4) is 6.07 Å². The number of carbonyl (C=O) groups excluding carboxylic acids is 2. The fourth-order valence-electron chi connectivity index (χ4n) is 2.75. The number of aromatic nitrogens is 3. The van der Waals surface area contributed by atoms with Crippen molar-refractivity contribution in [1.82, 2.24) is 25.0 Å². The van der Waals surface area contributed by atoms with Crippen molar-refractivity contribution < 1.29 is 9.59 Å². The molecule has 1 aromatic heterocycles. The van der Waals surface area contributed by atoms with Crippen LogP contribution in [0.5, 0.6) is 0 Å². The van der Waals surface area contributed by atoms with Gasteiger partial charge in [0.2, 0.25) is 11.8 Å². The lowest BCUT2D eigenvalue weighted by molar-refractivity contribution is -0.134. The molecule has 1 N–H and O–H groups in total. The first kappa shape index (κ1) is 15.7. The molecule has 1 atom stereocenters. The molecule has 1 fully saturated rings. The predicted molar refractivity (Wildman–Crippen MR) is 83.3 cm³/mol. The van der Waals surface area contributed by atoms with Crippen LogP contribution in [0.25, 0.3) is 0 Å². The number of hydrogen-bond donors (Lipinski definition) is 1. The summed E-state index contributed by atoms with van der Waals surface area (Å²) in [6, 6.07) is 11.0. The van der Waals surface area contributed by atoms with Gasteiger partial charge in [-0.3, -0.25) is 9.59 Å². The highest BCUT2D eigenvalue weighted by Crippen LogP contribution is 2.25. The topological polar surface area (TPSA) is 104 Å². The third kappa shape index (κ3) is 3.41. The number of benzene rings is 1. The van der Waals surface area contributed by atoms with E-state index in [1.54, 1.807) is 4.90 Å². The largest absolute Gasteiger partial charge is 0.354 e. The smallest absolute Gasteiger partial charge is 0.252 e. The molecule has 1 aliphatic heterocycles. The van der Waals surface area contributed by atoms with Gasteiger partial charge in [-0.2, -0.15) is 5.26 Å². The normalized spacial score (nSPS) is 17.7. The Labute approximate surface area is 138 Å². The van der Waals surface area contributed by atoms with E-state index in [2.05, 4.69) is 15.4 Å². The average molecular weight is 324 g/mol. The summed E-state index contributed by atoms with van der Waals surface area (Å²) in [5.41, 5.74) is 0.916. The number of nitriles is 1. The Morgan fingerprint density at radius 1 is 1.38 bits per heavy atom. The van der Waals surface area contributed by atoms with Crippen molar-refractivity contribution >= 4 is 11.8 Å². The number of hydrogen-bond acceptors (Lipinski definition) is 5. The van der Waals surface area contributed by atoms with E-state index < -0.39 is 0 Å². The Hall–Kier alpha value is -3.21. The molecule has 0 aliphatic carbocycles. The summed E-state index contributed by atoms with van der Waals surface area (Å²) in [6.07, 6.45) is 1.58. The molecule has 24 heavy (non-hydrogen) atoms. The van der Waals surface area contributed by atoms with Crippen LogP contribution in [-0.2, 0) is 16.1 Å². The maximum absolute atomic E-state index is 12.7. The third-order valence-corrected chi connectivity index (χ3v) is 3.87. The van der Waals surface area contributed by atoms with Gasteiger partial charge in [0, 0.05) is 13.1 Å². The van der Waals surface area contributed by atoms with Crippen molar-refractivity contribution in [2.24, 2.45) is 0 Å². The predicted octanol–water partition coefficient (Wildman–Crippen LogP) is 0.240. The minimum Gasteiger partial charge on any atom is -0.354 e. The minimum absolute atomic E-state index is 0.0216. The quantitative estimate of drug-likeness (QED) is 0.871. The van der Waals surface area contributed by atoms with Crippen molar-refractivity contribution in [2.75, 3.05) is 13.1 Å². The highest BCUT2D eigenvalue weighted by molar-refractivity contribution is 5.81. The number of rotatable bonds is 3. The van der Waals surface area contributed by atoms with Gasteiger partial charge in [0.1, 0.15) is 18.9 Å². The zero-order valence-electron chi connectivity index (χ0n) is 12.9. The number of amides is 2. The van der Waals surface area contributed by atoms with Crippen LogP contribution in [0.4, 0.5) is 0 Å². The summed E-state index contributed by atoms with van der Waals surface area (Å²) in [7, 11) is 0. The van der Waals surface area contributed by atoms with E-state index in [-0.39, 0.29) is 36.6 Å². The van der Waals surface area contributed by atoms with Crippen LogP contribution in [0, 0.1) is 11.3 Å². The molecule has 3 rings (SSSR count). The number of nitrogens with zero attached hydrogens (tertiary/aromatic N) is 5. The van der Waals surface area contributed by atoms with E-state index in [9.17, 15) is 9.59 Å². The first-order valence-electron chi connectivity index (χ1n) is 7.58. The monoisotopic (exact) mass is 324 g/mol. The SMILES string of the molecule is N#Cc1ncn(CC(=O)N2CCNC(=O)CC2c2ccccc2)n1. The van der Waals surface area contributed by atoms with Gasteiger partial charge in [0.05, 0.1) is 12.5 Å². The number of nitrogens with one attached hydrogen (secondary N) is 1. The van der Waals surface area contributed by atoms with Crippen LogP contribution in [0.15, 0.2) is 36.7 Å². The average Bonchev–Trinajstić information content (AvgIpc) is 2.95. The van der Waals surface area contributed by atoms with Crippen molar-refractivity contribution in [1.29, 1.82) is 5.26 Å². The second-order valence-corrected chi connectivity index (χ2v) is 5.45. The van der Waals surface area contributed by atoms with E-state index >= 15 is 0 Å². The molecule has 1 saturated heterocycles. The first-order valence-corrected chi connectivity index (χ1v) is 7.58. The standard InChI is InChI=1S/C16H16N6O2/c17-9-14-19-11-21(20-14)10-16(24)22-7-6-18-15(23)8-13(22)12-4-2-1-3-5-12/h1-5,11,13H,6-8,10H2,(H,18,23). The summed E-state index contributed by atoms with van der Waals surface area (Å²) in [4.78, 5) is 30.1. The zero-order valence-corrected chi connectivity index (χ0v) is 12.9. The fraction of sp³-hybridized carbons (Fsp3) is 0.312. The Morgan fingerprint density at radius 2 is 2.17 bits per heavy atom. The molecule has 0 saturated carbocycles. The molecule has 8 nitrogen and oxygen atoms in total. The van der Waals surface area contributed by atoms with Crippen LogP contribution >= 0.6 is 0 Å². The molecule has 1 unspecified atom stereocenters. The van der Waals surface area contributed by atoms with Crippen LogP contribution in [0.3, 0.4) is 0 Å². The highest BCUT2D eigenvalue weighted by atomic mass is 16.2. The second-order valence-electron chi connectivity index (χ2n) is 5.45. The molecule has 2 amide bonds. The summed E-state index contributed by atoms with van der Waals surface area (Å²) in [5.74, 6) is -0.225. The van der Waals surface area contributed by atoms with Crippen molar-refractivity contribution in [3.63, 3.8) is 0 Å². The highest BCUT2D eigenvalue weighted by Gasteiger charge is 2.29. The maximum atomic E-state index is 12.7. The molecule has 122 valence electrons. The van der Waals surface area contributed by atoms with E-state index in [1.807, 2.05) is 36.4 Å². The van der Waals surface area contributed by atoms with Crippen LogP contribution < -0.4 is 5.32 Å². The molecule has 2 aromatic rings. The summed E-state index contributed by atoms with van der Waals surface area (Å²) < 4.78 is 1.34. The van der Waals surface area contributed by atoms with Gasteiger partial charge in [0.25, 0.3) is 5.82 Å². The molecular formula is C16H16N6O2. The molecule has 0 bridgehead atoms. The van der Waals surface area contributed by atoms with Gasteiger partial charge in [-0.15, -0.1) is 5.10 Å². The van der Waals surface area contributed by atoms with Gasteiger partial charge in [0.15, 0.2) is 0 Å². The van der Waals surface area contributed by atoms with E-state index in [0.717, 1.165) is 5.56 Å². The van der Waals surface area contributed by atoms with Crippen molar-refractivity contribution in [2.45, 2.75) is 19.0 Å². The van der Waals surface area contributed by atoms with E-state index in [0.29, 0.717) is 13.1 Å². The lowest BCUT2D eigenvalue weighted by Gasteiger charge is -2.29. The van der Waals surface area contributed by atoms with Gasteiger partial charge in [-0.25, -0.2) is 9.67 Å². The lowest BCUT2D eigenvalue weighted by Crippen LogP contribution is -2.38. The summed E-state index contributed by atoms with van der Waals surface area (Å²) in [5, 5.41) is 15.5. The van der Waals surface area contributed by atoms with Crippen LogP contribution in [0.1, 0.15) is 23.9 Å². The lowest BCUT2D eigenvalue weighted by atomic mass is 10.0. The molecular weight excluding hydrogens is 308 g/mol. The minimum atomic E-state index is -0.319. The maximum Gasteiger partial charge on any atom is 0.252 e. The van der Waals surface area contributed by atoms with Crippen LogP contribution in [0.2, 0.25) is 0 Å². The molecule has 1 aromatic carbocycles. The molecule has 0 radical (unpaired) electrons.